The molecule has 0 atom stereocenters. The number of anilines is 1. The van der Waals surface area contributed by atoms with E-state index in [-0.39, 0.29) is 11.4 Å². The highest BCUT2D eigenvalue weighted by Crippen LogP contribution is 2.19. The summed E-state index contributed by atoms with van der Waals surface area (Å²) in [6.07, 6.45) is 2.85. The zero-order valence-corrected chi connectivity index (χ0v) is 12.1. The van der Waals surface area contributed by atoms with Gasteiger partial charge in [0.2, 0.25) is 10.0 Å². The van der Waals surface area contributed by atoms with Gasteiger partial charge in [0.15, 0.2) is 5.76 Å². The SMILES string of the molecule is CCNc1ccncc1S(=O)(=O)NCc1cc(C)no1. The minimum atomic E-state index is -3.66. The van der Waals surface area contributed by atoms with Crippen LogP contribution in [0, 0.1) is 6.92 Å². The van der Waals surface area contributed by atoms with Gasteiger partial charge < -0.3 is 9.84 Å². The lowest BCUT2D eigenvalue weighted by molar-refractivity contribution is 0.377. The van der Waals surface area contributed by atoms with E-state index in [0.717, 1.165) is 0 Å². The Hall–Kier alpha value is -1.93. The summed E-state index contributed by atoms with van der Waals surface area (Å²) in [5.74, 6) is 0.458. The number of rotatable bonds is 6. The number of hydrogen-bond donors (Lipinski definition) is 2. The van der Waals surface area contributed by atoms with Crippen molar-refractivity contribution >= 4 is 15.7 Å². The van der Waals surface area contributed by atoms with E-state index in [1.807, 2.05) is 6.92 Å². The van der Waals surface area contributed by atoms with Crippen LogP contribution in [0.2, 0.25) is 0 Å². The van der Waals surface area contributed by atoms with Crippen LogP contribution < -0.4 is 10.0 Å². The quantitative estimate of drug-likeness (QED) is 0.833. The molecule has 0 unspecified atom stereocenters. The molecule has 108 valence electrons. The van der Waals surface area contributed by atoms with Gasteiger partial charge in [-0.25, -0.2) is 13.1 Å². The molecule has 2 N–H and O–H groups in total. The second kappa shape index (κ2) is 6.02. The normalized spacial score (nSPS) is 11.5. The van der Waals surface area contributed by atoms with Gasteiger partial charge in [0.25, 0.3) is 0 Å². The van der Waals surface area contributed by atoms with Crippen LogP contribution in [0.3, 0.4) is 0 Å². The molecule has 0 saturated heterocycles. The lowest BCUT2D eigenvalue weighted by atomic mass is 10.4. The molecule has 20 heavy (non-hydrogen) atoms. The van der Waals surface area contributed by atoms with Gasteiger partial charge in [0.05, 0.1) is 17.9 Å². The minimum absolute atomic E-state index is 0.0453. The van der Waals surface area contributed by atoms with E-state index in [9.17, 15) is 8.42 Å². The van der Waals surface area contributed by atoms with Crippen LogP contribution in [0.5, 0.6) is 0 Å². The summed E-state index contributed by atoms with van der Waals surface area (Å²) in [7, 11) is -3.66. The molecule has 0 aliphatic heterocycles. The van der Waals surface area contributed by atoms with E-state index < -0.39 is 10.0 Å². The zero-order chi connectivity index (χ0) is 14.6. The van der Waals surface area contributed by atoms with E-state index in [0.29, 0.717) is 23.7 Å². The van der Waals surface area contributed by atoms with Crippen molar-refractivity contribution in [1.29, 1.82) is 0 Å². The predicted octanol–water partition coefficient (Wildman–Crippen LogP) is 1.29. The molecule has 0 aliphatic carbocycles. The smallest absolute Gasteiger partial charge is 0.244 e. The molecule has 2 rings (SSSR count). The van der Waals surface area contributed by atoms with Crippen LogP contribution in [-0.2, 0) is 16.6 Å². The maximum atomic E-state index is 12.3. The van der Waals surface area contributed by atoms with E-state index in [1.54, 1.807) is 19.1 Å². The first kappa shape index (κ1) is 14.5. The average molecular weight is 296 g/mol. The number of hydrogen-bond acceptors (Lipinski definition) is 6. The molecule has 0 saturated carbocycles. The molecule has 0 fully saturated rings. The summed E-state index contributed by atoms with van der Waals surface area (Å²) < 4.78 is 31.9. The summed E-state index contributed by atoms with van der Waals surface area (Å²) in [6.45, 7) is 4.32. The lowest BCUT2D eigenvalue weighted by Crippen LogP contribution is -2.24. The fourth-order valence-electron chi connectivity index (χ4n) is 1.67. The monoisotopic (exact) mass is 296 g/mol. The van der Waals surface area contributed by atoms with Crippen LogP contribution in [0.4, 0.5) is 5.69 Å². The highest BCUT2D eigenvalue weighted by atomic mass is 32.2. The standard InChI is InChI=1S/C12H16N4O3S/c1-3-14-11-4-5-13-8-12(11)20(17,18)15-7-10-6-9(2)16-19-10/h4-6,8,15H,3,7H2,1-2H3,(H,13,14). The Morgan fingerprint density at radius 2 is 2.20 bits per heavy atom. The molecule has 8 heteroatoms. The summed E-state index contributed by atoms with van der Waals surface area (Å²) in [4.78, 5) is 3.97. The molecule has 0 spiro atoms. The number of nitrogens with one attached hydrogen (secondary N) is 2. The summed E-state index contributed by atoms with van der Waals surface area (Å²) in [5.41, 5.74) is 1.22. The number of nitrogens with zero attached hydrogens (tertiary/aromatic N) is 2. The number of aromatic nitrogens is 2. The summed E-state index contributed by atoms with van der Waals surface area (Å²) >= 11 is 0. The zero-order valence-electron chi connectivity index (χ0n) is 11.3. The highest BCUT2D eigenvalue weighted by Gasteiger charge is 2.19. The molecule has 0 aromatic carbocycles. The molecular formula is C12H16N4O3S. The first-order valence-electron chi connectivity index (χ1n) is 6.12. The van der Waals surface area contributed by atoms with Crippen LogP contribution >= 0.6 is 0 Å². The Morgan fingerprint density at radius 1 is 1.40 bits per heavy atom. The highest BCUT2D eigenvalue weighted by molar-refractivity contribution is 7.89. The van der Waals surface area contributed by atoms with Crippen molar-refractivity contribution in [3.05, 3.63) is 36.0 Å². The maximum Gasteiger partial charge on any atom is 0.244 e. The largest absolute Gasteiger partial charge is 0.384 e. The van der Waals surface area contributed by atoms with Crippen LogP contribution in [-0.4, -0.2) is 25.1 Å². The van der Waals surface area contributed by atoms with Crippen LogP contribution in [0.1, 0.15) is 18.4 Å². The Bertz CT molecular complexity index is 682. The fourth-order valence-corrected chi connectivity index (χ4v) is 2.79. The van der Waals surface area contributed by atoms with Crippen molar-refractivity contribution in [2.45, 2.75) is 25.3 Å². The second-order valence-corrected chi connectivity index (χ2v) is 5.90. The van der Waals surface area contributed by atoms with Gasteiger partial charge in [-0.15, -0.1) is 0 Å². The van der Waals surface area contributed by atoms with E-state index in [2.05, 4.69) is 20.2 Å². The van der Waals surface area contributed by atoms with Gasteiger partial charge in [0.1, 0.15) is 4.90 Å². The van der Waals surface area contributed by atoms with Gasteiger partial charge in [-0.1, -0.05) is 5.16 Å². The first-order valence-corrected chi connectivity index (χ1v) is 7.61. The summed E-state index contributed by atoms with van der Waals surface area (Å²) in [6, 6.07) is 3.30. The molecule has 2 heterocycles. The van der Waals surface area contributed by atoms with E-state index in [4.69, 9.17) is 4.52 Å². The van der Waals surface area contributed by atoms with Gasteiger partial charge in [-0.3, -0.25) is 4.98 Å². The molecule has 0 aliphatic rings. The molecule has 7 nitrogen and oxygen atoms in total. The van der Waals surface area contributed by atoms with Gasteiger partial charge in [-0.05, 0) is 19.9 Å². The Kier molecular flexibility index (Phi) is 4.35. The van der Waals surface area contributed by atoms with Crippen LogP contribution in [0.15, 0.2) is 33.9 Å². The van der Waals surface area contributed by atoms with E-state index >= 15 is 0 Å². The van der Waals surface area contributed by atoms with Crippen molar-refractivity contribution in [3.63, 3.8) is 0 Å². The van der Waals surface area contributed by atoms with Crippen molar-refractivity contribution in [3.8, 4) is 0 Å². The summed E-state index contributed by atoms with van der Waals surface area (Å²) in [5, 5.41) is 6.69. The molecular weight excluding hydrogens is 280 g/mol. The first-order chi connectivity index (χ1) is 9.53. The van der Waals surface area contributed by atoms with Crippen molar-refractivity contribution < 1.29 is 12.9 Å². The molecule has 0 radical (unpaired) electrons. The molecule has 0 bridgehead atoms. The number of pyridine rings is 1. The van der Waals surface area contributed by atoms with Crippen molar-refractivity contribution in [1.82, 2.24) is 14.9 Å². The number of aryl methyl sites for hydroxylation is 1. The van der Waals surface area contributed by atoms with Crippen LogP contribution in [0.25, 0.3) is 0 Å². The second-order valence-electron chi connectivity index (χ2n) is 4.16. The Balaban J connectivity index is 2.18. The third-order valence-electron chi connectivity index (χ3n) is 2.55. The minimum Gasteiger partial charge on any atom is -0.384 e. The van der Waals surface area contributed by atoms with Crippen molar-refractivity contribution in [2.24, 2.45) is 0 Å². The molecule has 2 aromatic rings. The Morgan fingerprint density at radius 3 is 2.85 bits per heavy atom. The maximum absolute atomic E-state index is 12.3. The van der Waals surface area contributed by atoms with Gasteiger partial charge >= 0.3 is 0 Å². The third-order valence-corrected chi connectivity index (χ3v) is 3.98. The molecule has 2 aromatic heterocycles. The third kappa shape index (κ3) is 3.34. The predicted molar refractivity (Wildman–Crippen MR) is 73.7 cm³/mol. The fraction of sp³-hybridized carbons (Fsp3) is 0.333. The lowest BCUT2D eigenvalue weighted by Gasteiger charge is -2.10. The Labute approximate surface area is 117 Å². The number of sulfonamides is 1. The van der Waals surface area contributed by atoms with E-state index in [1.165, 1.54) is 12.4 Å². The topological polar surface area (TPSA) is 97.1 Å². The average Bonchev–Trinajstić information content (AvgIpc) is 2.83. The van der Waals surface area contributed by atoms with Gasteiger partial charge in [0, 0.05) is 25.0 Å². The van der Waals surface area contributed by atoms with Crippen molar-refractivity contribution in [2.75, 3.05) is 11.9 Å². The molecule has 0 amide bonds. The van der Waals surface area contributed by atoms with Gasteiger partial charge in [-0.2, -0.15) is 0 Å².